The summed E-state index contributed by atoms with van der Waals surface area (Å²) in [6.07, 6.45) is 3.20. The number of primary amides is 1. The van der Waals surface area contributed by atoms with E-state index >= 15 is 0 Å². The van der Waals surface area contributed by atoms with Gasteiger partial charge in [0.2, 0.25) is 17.5 Å². The molecule has 0 radical (unpaired) electrons. The predicted octanol–water partition coefficient (Wildman–Crippen LogP) is 3.78. The second kappa shape index (κ2) is 9.96. The molecule has 0 saturated heterocycles. The highest BCUT2D eigenvalue weighted by atomic mass is 16.5. The Kier molecular flexibility index (Phi) is 6.63. The van der Waals surface area contributed by atoms with Crippen molar-refractivity contribution in [2.45, 2.75) is 0 Å². The van der Waals surface area contributed by atoms with Gasteiger partial charge in [0.25, 0.3) is 5.91 Å². The van der Waals surface area contributed by atoms with E-state index in [4.69, 9.17) is 24.5 Å². The highest BCUT2D eigenvalue weighted by Crippen LogP contribution is 2.41. The molecule has 0 fully saturated rings. The molecule has 0 aliphatic rings. The summed E-state index contributed by atoms with van der Waals surface area (Å²) < 4.78 is 21.5. The number of benzene rings is 2. The second-order valence-electron chi connectivity index (χ2n) is 7.25. The Labute approximate surface area is 200 Å². The Hall–Kier alpha value is -4.86. The molecule has 0 spiro atoms. The molecule has 3 N–H and O–H groups in total. The van der Waals surface area contributed by atoms with Crippen LogP contribution in [0.2, 0.25) is 0 Å². The van der Waals surface area contributed by atoms with Gasteiger partial charge in [-0.2, -0.15) is 0 Å². The lowest BCUT2D eigenvalue weighted by Crippen LogP contribution is -2.14. The van der Waals surface area contributed by atoms with Crippen LogP contribution in [-0.2, 0) is 0 Å². The number of methoxy groups -OCH3 is 3. The summed E-state index contributed by atoms with van der Waals surface area (Å²) in [6, 6.07) is 13.2. The van der Waals surface area contributed by atoms with Crippen LogP contribution >= 0.6 is 0 Å². The quantitative estimate of drug-likeness (QED) is 0.393. The minimum absolute atomic E-state index is 0.0317. The van der Waals surface area contributed by atoms with E-state index in [9.17, 15) is 9.59 Å². The minimum Gasteiger partial charge on any atom is -0.493 e. The molecule has 0 bridgehead atoms. The molecule has 178 valence electrons. The van der Waals surface area contributed by atoms with Crippen molar-refractivity contribution in [2.24, 2.45) is 5.73 Å². The molecule has 4 rings (SSSR count). The Morgan fingerprint density at radius 1 is 0.943 bits per heavy atom. The van der Waals surface area contributed by atoms with Gasteiger partial charge in [0.15, 0.2) is 11.5 Å². The van der Waals surface area contributed by atoms with Gasteiger partial charge in [-0.15, -0.1) is 0 Å². The Bertz CT molecular complexity index is 1360. The van der Waals surface area contributed by atoms with Crippen LogP contribution < -0.4 is 25.3 Å². The third kappa shape index (κ3) is 4.49. The molecule has 2 aromatic carbocycles. The number of rotatable bonds is 8. The third-order valence-electron chi connectivity index (χ3n) is 5.26. The standard InChI is InChI=1S/C25H22N4O6/c1-32-18-12-15(13-19(33-2)22(18)34-3)24(31)28-25-20(16-6-4-5-7-17(16)23(26)30)21(29-35-25)14-8-10-27-11-9-14/h4-13H,1-3H3,(H2,26,30)(H,28,31). The number of anilines is 1. The monoisotopic (exact) mass is 474 g/mol. The van der Waals surface area contributed by atoms with Gasteiger partial charge < -0.3 is 24.5 Å². The van der Waals surface area contributed by atoms with Crippen LogP contribution in [0.25, 0.3) is 22.4 Å². The average Bonchev–Trinajstić information content (AvgIpc) is 3.31. The SMILES string of the molecule is COc1cc(C(=O)Nc2onc(-c3ccncc3)c2-c2ccccc2C(N)=O)cc(OC)c1OC. The lowest BCUT2D eigenvalue weighted by molar-refractivity contribution is 0.0998. The van der Waals surface area contributed by atoms with E-state index in [2.05, 4.69) is 15.5 Å². The normalized spacial score (nSPS) is 10.5. The fourth-order valence-electron chi connectivity index (χ4n) is 3.64. The van der Waals surface area contributed by atoms with Gasteiger partial charge in [0.1, 0.15) is 5.69 Å². The van der Waals surface area contributed by atoms with Crippen molar-refractivity contribution in [3.63, 3.8) is 0 Å². The Morgan fingerprint density at radius 3 is 2.20 bits per heavy atom. The summed E-state index contributed by atoms with van der Waals surface area (Å²) in [4.78, 5) is 29.4. The van der Waals surface area contributed by atoms with Crippen LogP contribution in [0.4, 0.5) is 5.88 Å². The molecule has 0 atom stereocenters. The van der Waals surface area contributed by atoms with E-state index < -0.39 is 11.8 Å². The van der Waals surface area contributed by atoms with E-state index in [0.29, 0.717) is 39.6 Å². The van der Waals surface area contributed by atoms with E-state index in [-0.39, 0.29) is 17.0 Å². The smallest absolute Gasteiger partial charge is 0.258 e. The first kappa shape index (κ1) is 23.3. The first-order valence-corrected chi connectivity index (χ1v) is 10.4. The second-order valence-corrected chi connectivity index (χ2v) is 7.25. The molecule has 2 amide bonds. The first-order chi connectivity index (χ1) is 17.0. The van der Waals surface area contributed by atoms with E-state index in [1.807, 2.05) is 0 Å². The van der Waals surface area contributed by atoms with Crippen molar-refractivity contribution >= 4 is 17.7 Å². The summed E-state index contributed by atoms with van der Waals surface area (Å²) in [5.41, 5.74) is 8.00. The Morgan fingerprint density at radius 2 is 1.60 bits per heavy atom. The lowest BCUT2D eigenvalue weighted by atomic mass is 9.96. The van der Waals surface area contributed by atoms with Crippen molar-refractivity contribution < 1.29 is 28.3 Å². The summed E-state index contributed by atoms with van der Waals surface area (Å²) >= 11 is 0. The number of aromatic nitrogens is 2. The third-order valence-corrected chi connectivity index (χ3v) is 5.26. The molecule has 10 nitrogen and oxygen atoms in total. The van der Waals surface area contributed by atoms with Crippen molar-refractivity contribution in [1.82, 2.24) is 10.1 Å². The van der Waals surface area contributed by atoms with Crippen LogP contribution in [0.5, 0.6) is 17.2 Å². The summed E-state index contributed by atoms with van der Waals surface area (Å²) in [6.45, 7) is 0. The molecule has 0 aliphatic carbocycles. The van der Waals surface area contributed by atoms with Crippen molar-refractivity contribution in [1.29, 1.82) is 0 Å². The van der Waals surface area contributed by atoms with Crippen LogP contribution in [0, 0.1) is 0 Å². The van der Waals surface area contributed by atoms with Crippen LogP contribution in [0.1, 0.15) is 20.7 Å². The van der Waals surface area contributed by atoms with Crippen LogP contribution in [0.15, 0.2) is 65.4 Å². The summed E-state index contributed by atoms with van der Waals surface area (Å²) in [5.74, 6) is -0.159. The zero-order valence-electron chi connectivity index (χ0n) is 19.2. The highest BCUT2D eigenvalue weighted by Gasteiger charge is 2.25. The van der Waals surface area contributed by atoms with Crippen molar-refractivity contribution in [3.05, 3.63) is 72.1 Å². The summed E-state index contributed by atoms with van der Waals surface area (Å²) in [7, 11) is 4.38. The first-order valence-electron chi connectivity index (χ1n) is 10.4. The zero-order valence-corrected chi connectivity index (χ0v) is 19.2. The molecule has 4 aromatic rings. The highest BCUT2D eigenvalue weighted by molar-refractivity contribution is 6.09. The van der Waals surface area contributed by atoms with Gasteiger partial charge in [-0.05, 0) is 30.3 Å². The number of pyridine rings is 1. The van der Waals surface area contributed by atoms with E-state index in [1.54, 1.807) is 48.8 Å². The number of nitrogens with two attached hydrogens (primary N) is 1. The fourth-order valence-corrected chi connectivity index (χ4v) is 3.64. The molecule has 0 unspecified atom stereocenters. The molecule has 2 aromatic heterocycles. The topological polar surface area (TPSA) is 139 Å². The van der Waals surface area contributed by atoms with Crippen LogP contribution in [-0.4, -0.2) is 43.3 Å². The maximum atomic E-state index is 13.2. The molecular formula is C25H22N4O6. The molecule has 10 heteroatoms. The minimum atomic E-state index is -0.635. The van der Waals surface area contributed by atoms with Gasteiger partial charge in [-0.1, -0.05) is 23.4 Å². The number of nitrogens with one attached hydrogen (secondary N) is 1. The average molecular weight is 474 g/mol. The summed E-state index contributed by atoms with van der Waals surface area (Å²) in [5, 5.41) is 6.90. The van der Waals surface area contributed by atoms with Crippen molar-refractivity contribution in [2.75, 3.05) is 26.6 Å². The fraction of sp³-hybridized carbons (Fsp3) is 0.120. The molecule has 0 saturated carbocycles. The number of amides is 2. The van der Waals surface area contributed by atoms with Crippen molar-refractivity contribution in [3.8, 4) is 39.6 Å². The zero-order chi connectivity index (χ0) is 24.9. The lowest BCUT2D eigenvalue weighted by Gasteiger charge is -2.14. The largest absolute Gasteiger partial charge is 0.493 e. The van der Waals surface area contributed by atoms with Gasteiger partial charge in [-0.25, -0.2) is 0 Å². The predicted molar refractivity (Wildman–Crippen MR) is 128 cm³/mol. The molecular weight excluding hydrogens is 452 g/mol. The molecule has 0 aliphatic heterocycles. The maximum Gasteiger partial charge on any atom is 0.258 e. The Balaban J connectivity index is 1.83. The molecule has 35 heavy (non-hydrogen) atoms. The number of carbonyl (C=O) groups is 2. The van der Waals surface area contributed by atoms with Gasteiger partial charge in [0.05, 0.1) is 26.9 Å². The number of ether oxygens (including phenoxy) is 3. The van der Waals surface area contributed by atoms with Gasteiger partial charge >= 0.3 is 0 Å². The van der Waals surface area contributed by atoms with Gasteiger partial charge in [-0.3, -0.25) is 19.9 Å². The van der Waals surface area contributed by atoms with E-state index in [0.717, 1.165) is 0 Å². The van der Waals surface area contributed by atoms with Gasteiger partial charge in [0, 0.05) is 34.6 Å². The number of hydrogen-bond acceptors (Lipinski definition) is 8. The molecule has 2 heterocycles. The van der Waals surface area contributed by atoms with E-state index in [1.165, 1.54) is 33.5 Å². The van der Waals surface area contributed by atoms with Crippen LogP contribution in [0.3, 0.4) is 0 Å². The maximum absolute atomic E-state index is 13.2. The number of nitrogens with zero attached hydrogens (tertiary/aromatic N) is 2. The number of hydrogen-bond donors (Lipinski definition) is 2. The number of carbonyl (C=O) groups excluding carboxylic acids is 2.